The lowest BCUT2D eigenvalue weighted by Crippen LogP contribution is -2.40. The van der Waals surface area contributed by atoms with Gasteiger partial charge >= 0.3 is 0 Å². The molecule has 0 atom stereocenters. The predicted molar refractivity (Wildman–Crippen MR) is 127 cm³/mol. The zero-order valence-electron chi connectivity index (χ0n) is 17.9. The van der Waals surface area contributed by atoms with E-state index in [1.165, 1.54) is 12.1 Å². The van der Waals surface area contributed by atoms with Crippen molar-refractivity contribution in [3.63, 3.8) is 0 Å². The van der Waals surface area contributed by atoms with Crippen molar-refractivity contribution in [1.82, 2.24) is 14.8 Å². The lowest BCUT2D eigenvalue weighted by Gasteiger charge is -2.27. The van der Waals surface area contributed by atoms with Crippen LogP contribution in [-0.2, 0) is 6.54 Å². The van der Waals surface area contributed by atoms with Gasteiger partial charge in [0.25, 0.3) is 5.56 Å². The van der Waals surface area contributed by atoms with Crippen LogP contribution in [0.15, 0.2) is 53.3 Å². The molecule has 8 heteroatoms. The van der Waals surface area contributed by atoms with Gasteiger partial charge in [-0.1, -0.05) is 0 Å². The number of ether oxygens (including phenoxy) is 1. The number of aromatic nitrogens is 1. The van der Waals surface area contributed by atoms with Gasteiger partial charge in [0.15, 0.2) is 5.11 Å². The molecule has 0 spiro atoms. The lowest BCUT2D eigenvalue weighted by atomic mass is 10.1. The van der Waals surface area contributed by atoms with Gasteiger partial charge in [-0.05, 0) is 81.8 Å². The highest BCUT2D eigenvalue weighted by Gasteiger charge is 2.14. The van der Waals surface area contributed by atoms with Crippen molar-refractivity contribution in [2.45, 2.75) is 13.5 Å². The fourth-order valence-corrected chi connectivity index (χ4v) is 3.39. The number of benzene rings is 2. The Morgan fingerprint density at radius 1 is 1.13 bits per heavy atom. The smallest absolute Gasteiger partial charge is 0.253 e. The van der Waals surface area contributed by atoms with Crippen LogP contribution in [0, 0.1) is 5.82 Å². The van der Waals surface area contributed by atoms with Gasteiger partial charge in [-0.15, -0.1) is 0 Å². The second kappa shape index (κ2) is 10.4. The van der Waals surface area contributed by atoms with E-state index < -0.39 is 0 Å². The number of rotatable bonds is 8. The molecule has 0 aliphatic rings. The van der Waals surface area contributed by atoms with Crippen LogP contribution in [0.25, 0.3) is 10.9 Å². The van der Waals surface area contributed by atoms with Gasteiger partial charge < -0.3 is 24.8 Å². The Labute approximate surface area is 186 Å². The van der Waals surface area contributed by atoms with Crippen molar-refractivity contribution >= 4 is 33.9 Å². The summed E-state index contributed by atoms with van der Waals surface area (Å²) in [5.41, 5.74) is 1.89. The monoisotopic (exact) mass is 442 g/mol. The van der Waals surface area contributed by atoms with Crippen LogP contribution in [0.1, 0.15) is 12.5 Å². The number of hydrogen-bond donors (Lipinski definition) is 2. The summed E-state index contributed by atoms with van der Waals surface area (Å²) in [5, 5.41) is 4.50. The number of thiocarbonyl (C=S) groups is 1. The van der Waals surface area contributed by atoms with Crippen LogP contribution in [0.2, 0.25) is 0 Å². The Morgan fingerprint density at radius 2 is 1.87 bits per heavy atom. The first kappa shape index (κ1) is 22.7. The number of aromatic amines is 1. The molecule has 0 radical (unpaired) electrons. The predicted octanol–water partition coefficient (Wildman–Crippen LogP) is 3.83. The highest BCUT2D eigenvalue weighted by molar-refractivity contribution is 7.80. The van der Waals surface area contributed by atoms with Crippen molar-refractivity contribution in [3.8, 4) is 5.75 Å². The number of fused-ring (bicyclic) bond motifs is 1. The summed E-state index contributed by atoms with van der Waals surface area (Å²) in [7, 11) is 3.96. The van der Waals surface area contributed by atoms with Crippen LogP contribution in [0.4, 0.5) is 10.1 Å². The molecule has 3 rings (SSSR count). The van der Waals surface area contributed by atoms with Crippen molar-refractivity contribution in [2.24, 2.45) is 0 Å². The summed E-state index contributed by atoms with van der Waals surface area (Å²) in [4.78, 5) is 19.6. The molecule has 0 fully saturated rings. The normalized spacial score (nSPS) is 11.0. The zero-order valence-corrected chi connectivity index (χ0v) is 18.8. The van der Waals surface area contributed by atoms with Crippen LogP contribution in [0.5, 0.6) is 5.75 Å². The van der Waals surface area contributed by atoms with Crippen molar-refractivity contribution in [3.05, 3.63) is 70.3 Å². The maximum absolute atomic E-state index is 13.2. The highest BCUT2D eigenvalue weighted by Crippen LogP contribution is 2.20. The largest absolute Gasteiger partial charge is 0.494 e. The summed E-state index contributed by atoms with van der Waals surface area (Å²) >= 11 is 5.61. The van der Waals surface area contributed by atoms with Gasteiger partial charge in [0.2, 0.25) is 0 Å². The topological polar surface area (TPSA) is 60.6 Å². The number of H-pyrrole nitrogens is 1. The minimum atomic E-state index is -0.310. The number of halogens is 1. The molecule has 0 saturated carbocycles. The number of anilines is 1. The van der Waals surface area contributed by atoms with Gasteiger partial charge in [-0.25, -0.2) is 4.39 Å². The Morgan fingerprint density at radius 3 is 2.55 bits per heavy atom. The summed E-state index contributed by atoms with van der Waals surface area (Å²) in [5.74, 6) is 0.445. The summed E-state index contributed by atoms with van der Waals surface area (Å²) in [6.45, 7) is 4.22. The number of pyridine rings is 1. The quantitative estimate of drug-likeness (QED) is 0.517. The fraction of sp³-hybridized carbons (Fsp3) is 0.304. The maximum Gasteiger partial charge on any atom is 0.253 e. The summed E-state index contributed by atoms with van der Waals surface area (Å²) in [6, 6.07) is 13.5. The molecule has 6 nitrogen and oxygen atoms in total. The lowest BCUT2D eigenvalue weighted by molar-refractivity contribution is 0.327. The van der Waals surface area contributed by atoms with Crippen molar-refractivity contribution in [2.75, 3.05) is 39.1 Å². The number of likely N-dealkylation sites (N-methyl/N-ethyl adjacent to an activating group) is 1. The Balaban J connectivity index is 1.85. The summed E-state index contributed by atoms with van der Waals surface area (Å²) in [6.07, 6.45) is 0. The molecule has 0 aliphatic heterocycles. The van der Waals surface area contributed by atoms with Gasteiger partial charge in [-0.2, -0.15) is 0 Å². The SMILES string of the molecule is CCOc1ccc2[nH]c(=O)c(CN(CCN(C)C)C(=S)Nc3ccc(F)cc3)cc2c1. The molecule has 2 N–H and O–H groups in total. The van der Waals surface area contributed by atoms with E-state index in [0.29, 0.717) is 36.1 Å². The van der Waals surface area contributed by atoms with Gasteiger partial charge in [0.1, 0.15) is 11.6 Å². The minimum absolute atomic E-state index is 0.156. The molecular formula is C23H27FN4O2S. The van der Waals surface area contributed by atoms with E-state index in [0.717, 1.165) is 23.2 Å². The molecule has 0 saturated heterocycles. The average molecular weight is 443 g/mol. The van der Waals surface area contributed by atoms with E-state index in [1.54, 1.807) is 12.1 Å². The molecule has 1 heterocycles. The van der Waals surface area contributed by atoms with E-state index in [4.69, 9.17) is 17.0 Å². The van der Waals surface area contributed by atoms with Crippen molar-refractivity contribution < 1.29 is 9.13 Å². The average Bonchev–Trinajstić information content (AvgIpc) is 2.73. The highest BCUT2D eigenvalue weighted by atomic mass is 32.1. The minimum Gasteiger partial charge on any atom is -0.494 e. The summed E-state index contributed by atoms with van der Waals surface area (Å²) < 4.78 is 18.8. The molecule has 0 aliphatic carbocycles. The molecule has 0 bridgehead atoms. The Kier molecular flexibility index (Phi) is 7.59. The Bertz CT molecular complexity index is 1100. The van der Waals surface area contributed by atoms with E-state index in [9.17, 15) is 9.18 Å². The van der Waals surface area contributed by atoms with E-state index in [2.05, 4.69) is 10.3 Å². The van der Waals surface area contributed by atoms with E-state index in [-0.39, 0.29) is 11.4 Å². The molecule has 1 aromatic heterocycles. The first-order valence-electron chi connectivity index (χ1n) is 10.1. The first-order valence-corrected chi connectivity index (χ1v) is 10.5. The molecule has 0 amide bonds. The first-order chi connectivity index (χ1) is 14.9. The van der Waals surface area contributed by atoms with Crippen LogP contribution in [0.3, 0.4) is 0 Å². The van der Waals surface area contributed by atoms with E-state index >= 15 is 0 Å². The van der Waals surface area contributed by atoms with Crippen LogP contribution < -0.4 is 15.6 Å². The molecule has 0 unspecified atom stereocenters. The third-order valence-electron chi connectivity index (χ3n) is 4.76. The second-order valence-corrected chi connectivity index (χ2v) is 7.85. The maximum atomic E-state index is 13.2. The van der Waals surface area contributed by atoms with Crippen LogP contribution >= 0.6 is 12.2 Å². The number of nitrogens with one attached hydrogen (secondary N) is 2. The molecular weight excluding hydrogens is 415 g/mol. The fourth-order valence-electron chi connectivity index (χ4n) is 3.12. The van der Waals surface area contributed by atoms with Gasteiger partial charge in [0.05, 0.1) is 13.2 Å². The number of nitrogens with zero attached hydrogens (tertiary/aromatic N) is 2. The molecule has 164 valence electrons. The third kappa shape index (κ3) is 6.26. The van der Waals surface area contributed by atoms with Crippen LogP contribution in [-0.4, -0.2) is 53.7 Å². The zero-order chi connectivity index (χ0) is 22.4. The van der Waals surface area contributed by atoms with Gasteiger partial charge in [0, 0.05) is 35.2 Å². The second-order valence-electron chi connectivity index (χ2n) is 7.47. The molecule has 2 aromatic carbocycles. The standard InChI is InChI=1S/C23H27FN4O2S/c1-4-30-20-9-10-21-16(14-20)13-17(22(29)26-21)15-28(12-11-27(2)3)23(31)25-19-7-5-18(24)6-8-19/h5-10,13-14H,4,11-12,15H2,1-3H3,(H,25,31)(H,26,29). The third-order valence-corrected chi connectivity index (χ3v) is 5.12. The van der Waals surface area contributed by atoms with E-state index in [1.807, 2.05) is 55.1 Å². The number of hydrogen-bond acceptors (Lipinski definition) is 4. The van der Waals surface area contributed by atoms with Crippen molar-refractivity contribution in [1.29, 1.82) is 0 Å². The Hall–Kier alpha value is -2.97. The molecule has 31 heavy (non-hydrogen) atoms. The molecule has 3 aromatic rings. The van der Waals surface area contributed by atoms with Gasteiger partial charge in [-0.3, -0.25) is 4.79 Å².